The van der Waals surface area contributed by atoms with Crippen LogP contribution in [-0.4, -0.2) is 15.5 Å². The number of rotatable bonds is 0. The largest absolute Gasteiger partial charge is 0.284 e. The van der Waals surface area contributed by atoms with E-state index in [2.05, 4.69) is 11.1 Å². The van der Waals surface area contributed by atoms with Gasteiger partial charge in [0.1, 0.15) is 0 Å². The lowest BCUT2D eigenvalue weighted by atomic mass is 10.2. The molecule has 3 nitrogen and oxygen atoms in total. The van der Waals surface area contributed by atoms with Crippen molar-refractivity contribution in [3.63, 3.8) is 0 Å². The maximum absolute atomic E-state index is 11.6. The molecule has 1 aliphatic heterocycles. The van der Waals surface area contributed by atoms with Gasteiger partial charge in [-0.05, 0) is 25.0 Å². The van der Waals surface area contributed by atoms with Crippen molar-refractivity contribution < 1.29 is 4.79 Å². The molecule has 0 unspecified atom stereocenters. The third-order valence-corrected chi connectivity index (χ3v) is 2.81. The molecule has 3 heterocycles. The number of hydrogen-bond acceptors (Lipinski definition) is 2. The summed E-state index contributed by atoms with van der Waals surface area (Å²) in [6.07, 6.45) is 5.14. The van der Waals surface area contributed by atoms with Gasteiger partial charge in [-0.25, -0.2) is 0 Å². The van der Waals surface area contributed by atoms with Crippen LogP contribution in [0.3, 0.4) is 0 Å². The summed E-state index contributed by atoms with van der Waals surface area (Å²) in [5.74, 6) is 0.212. The Kier molecular flexibility index (Phi) is 1.35. The van der Waals surface area contributed by atoms with Gasteiger partial charge < -0.3 is 0 Å². The third kappa shape index (κ3) is 0.816. The average molecular weight is 186 g/mol. The predicted molar refractivity (Wildman–Crippen MR) is 53.4 cm³/mol. The first-order chi connectivity index (χ1) is 6.77. The molecule has 0 saturated heterocycles. The molecule has 0 aromatic carbocycles. The van der Waals surface area contributed by atoms with Crippen LogP contribution in [0.2, 0.25) is 0 Å². The van der Waals surface area contributed by atoms with Crippen LogP contribution in [0.4, 0.5) is 0 Å². The Balaban J connectivity index is 2.50. The minimum atomic E-state index is 0.212. The predicted octanol–water partition coefficient (Wildman–Crippen LogP) is 1.93. The highest BCUT2D eigenvalue weighted by atomic mass is 16.2. The van der Waals surface area contributed by atoms with Crippen molar-refractivity contribution in [3.05, 3.63) is 29.7 Å². The third-order valence-electron chi connectivity index (χ3n) is 2.81. The van der Waals surface area contributed by atoms with Crippen LogP contribution in [0, 0.1) is 6.92 Å². The molecular formula is C11H10N2O. The van der Waals surface area contributed by atoms with E-state index >= 15 is 0 Å². The van der Waals surface area contributed by atoms with Crippen molar-refractivity contribution in [2.24, 2.45) is 0 Å². The van der Waals surface area contributed by atoms with Gasteiger partial charge in [-0.3, -0.25) is 14.3 Å². The second-order valence-corrected chi connectivity index (χ2v) is 3.76. The van der Waals surface area contributed by atoms with Crippen molar-refractivity contribution >= 4 is 16.8 Å². The molecule has 0 aliphatic carbocycles. The monoisotopic (exact) mass is 186 g/mol. The molecule has 0 spiro atoms. The van der Waals surface area contributed by atoms with Crippen LogP contribution >= 0.6 is 0 Å². The molecule has 3 heteroatoms. The Morgan fingerprint density at radius 2 is 2.21 bits per heavy atom. The summed E-state index contributed by atoms with van der Waals surface area (Å²) in [4.78, 5) is 15.8. The van der Waals surface area contributed by atoms with E-state index in [1.165, 1.54) is 0 Å². The first-order valence-electron chi connectivity index (χ1n) is 4.75. The van der Waals surface area contributed by atoms with Crippen LogP contribution in [-0.2, 0) is 6.42 Å². The number of hydrogen-bond donors (Lipinski definition) is 0. The van der Waals surface area contributed by atoms with Crippen molar-refractivity contribution in [2.75, 3.05) is 0 Å². The van der Waals surface area contributed by atoms with Gasteiger partial charge in [0, 0.05) is 29.9 Å². The number of carbonyl (C=O) groups excluding carboxylic acids is 1. The van der Waals surface area contributed by atoms with E-state index in [1.807, 2.05) is 17.7 Å². The summed E-state index contributed by atoms with van der Waals surface area (Å²) in [6, 6.07) is 2.07. The number of carbonyl (C=O) groups is 1. The molecule has 2 aromatic rings. The zero-order chi connectivity index (χ0) is 9.71. The van der Waals surface area contributed by atoms with Crippen LogP contribution in [0.5, 0.6) is 0 Å². The maximum Gasteiger partial charge on any atom is 0.231 e. The van der Waals surface area contributed by atoms with Gasteiger partial charge in [0.15, 0.2) is 0 Å². The van der Waals surface area contributed by atoms with Gasteiger partial charge in [-0.2, -0.15) is 0 Å². The molecule has 0 radical (unpaired) electrons. The Morgan fingerprint density at radius 1 is 1.36 bits per heavy atom. The lowest BCUT2D eigenvalue weighted by molar-refractivity contribution is 0.0928. The number of nitrogens with zero attached hydrogens (tertiary/aromatic N) is 2. The van der Waals surface area contributed by atoms with Gasteiger partial charge in [-0.1, -0.05) is 0 Å². The Labute approximate surface area is 81.4 Å². The summed E-state index contributed by atoms with van der Waals surface area (Å²) in [5.41, 5.74) is 3.24. The molecule has 70 valence electrons. The van der Waals surface area contributed by atoms with E-state index in [0.29, 0.717) is 6.42 Å². The molecule has 0 N–H and O–H groups in total. The van der Waals surface area contributed by atoms with E-state index in [-0.39, 0.29) is 5.91 Å². The molecule has 1 aliphatic rings. The number of pyridine rings is 1. The van der Waals surface area contributed by atoms with Gasteiger partial charge in [0.05, 0.1) is 5.52 Å². The van der Waals surface area contributed by atoms with E-state index in [0.717, 1.165) is 28.6 Å². The molecule has 0 saturated carbocycles. The summed E-state index contributed by atoms with van der Waals surface area (Å²) in [7, 11) is 0. The highest BCUT2D eigenvalue weighted by Crippen LogP contribution is 2.27. The first-order valence-corrected chi connectivity index (χ1v) is 4.75. The van der Waals surface area contributed by atoms with E-state index in [4.69, 9.17) is 0 Å². The topological polar surface area (TPSA) is 34.9 Å². The lowest BCUT2D eigenvalue weighted by Crippen LogP contribution is -2.04. The Morgan fingerprint density at radius 3 is 3.07 bits per heavy atom. The van der Waals surface area contributed by atoms with Crippen molar-refractivity contribution in [2.45, 2.75) is 19.8 Å². The van der Waals surface area contributed by atoms with Crippen molar-refractivity contribution in [3.8, 4) is 0 Å². The summed E-state index contributed by atoms with van der Waals surface area (Å²) in [5, 5.41) is 1.08. The van der Waals surface area contributed by atoms with Gasteiger partial charge >= 0.3 is 0 Å². The summed E-state index contributed by atoms with van der Waals surface area (Å²) in [6.45, 7) is 1.99. The molecule has 14 heavy (non-hydrogen) atoms. The second-order valence-electron chi connectivity index (χ2n) is 3.76. The zero-order valence-corrected chi connectivity index (χ0v) is 7.95. The standard InChI is InChI=1S/C11H10N2O/c1-7-5-12-6-8-4-9-2-3-10(14)13(9)11(7)8/h4-6H,2-3H2,1H3. The van der Waals surface area contributed by atoms with Crippen LogP contribution in [0.15, 0.2) is 18.5 Å². The van der Waals surface area contributed by atoms with Crippen LogP contribution in [0.1, 0.15) is 22.5 Å². The molecule has 2 aromatic heterocycles. The normalized spacial score (nSPS) is 15.1. The molecule has 3 rings (SSSR count). The quantitative estimate of drug-likeness (QED) is 0.630. The molecule has 0 amide bonds. The summed E-state index contributed by atoms with van der Waals surface area (Å²) >= 11 is 0. The minimum absolute atomic E-state index is 0.212. The number of aromatic nitrogens is 2. The van der Waals surface area contributed by atoms with Crippen LogP contribution in [0.25, 0.3) is 10.9 Å². The Bertz CT molecular complexity index is 539. The molecular weight excluding hydrogens is 176 g/mol. The first kappa shape index (κ1) is 7.74. The average Bonchev–Trinajstić information content (AvgIpc) is 2.67. The molecule has 0 bridgehead atoms. The van der Waals surface area contributed by atoms with E-state index in [9.17, 15) is 4.79 Å². The highest BCUT2D eigenvalue weighted by molar-refractivity contribution is 5.96. The number of fused-ring (bicyclic) bond motifs is 3. The van der Waals surface area contributed by atoms with Crippen LogP contribution < -0.4 is 0 Å². The second kappa shape index (κ2) is 2.44. The van der Waals surface area contributed by atoms with E-state index in [1.54, 1.807) is 6.20 Å². The fourth-order valence-corrected chi connectivity index (χ4v) is 2.19. The van der Waals surface area contributed by atoms with Gasteiger partial charge in [-0.15, -0.1) is 0 Å². The maximum atomic E-state index is 11.6. The van der Waals surface area contributed by atoms with Crippen molar-refractivity contribution in [1.82, 2.24) is 9.55 Å². The minimum Gasteiger partial charge on any atom is -0.284 e. The fraction of sp³-hybridized carbons (Fsp3) is 0.273. The number of aryl methyl sites for hydroxylation is 2. The smallest absolute Gasteiger partial charge is 0.231 e. The molecule has 0 fully saturated rings. The Hall–Kier alpha value is -1.64. The highest BCUT2D eigenvalue weighted by Gasteiger charge is 2.22. The van der Waals surface area contributed by atoms with Gasteiger partial charge in [0.2, 0.25) is 5.91 Å². The summed E-state index contributed by atoms with van der Waals surface area (Å²) < 4.78 is 1.84. The van der Waals surface area contributed by atoms with Gasteiger partial charge in [0.25, 0.3) is 0 Å². The molecule has 0 atom stereocenters. The van der Waals surface area contributed by atoms with E-state index < -0.39 is 0 Å². The fourth-order valence-electron chi connectivity index (χ4n) is 2.19. The zero-order valence-electron chi connectivity index (χ0n) is 7.95. The van der Waals surface area contributed by atoms with Crippen molar-refractivity contribution in [1.29, 1.82) is 0 Å². The lowest BCUT2D eigenvalue weighted by Gasteiger charge is -2.01. The SMILES string of the molecule is Cc1cncc2cc3n(c12)C(=O)CC3.